The van der Waals surface area contributed by atoms with Crippen molar-refractivity contribution < 1.29 is 4.74 Å². The van der Waals surface area contributed by atoms with Gasteiger partial charge in [-0.15, -0.1) is 0 Å². The van der Waals surface area contributed by atoms with E-state index in [0.717, 1.165) is 25.2 Å². The molecule has 156 valence electrons. The lowest BCUT2D eigenvalue weighted by Crippen LogP contribution is -2.23. The fourth-order valence-corrected chi connectivity index (χ4v) is 3.96. The number of fused-ring (bicyclic) bond motifs is 3. The van der Waals surface area contributed by atoms with Crippen LogP contribution in [0.25, 0.3) is 11.6 Å². The third kappa shape index (κ3) is 4.70. The summed E-state index contributed by atoms with van der Waals surface area (Å²) in [6, 6.07) is 12.7. The Hall–Kier alpha value is -3.14. The van der Waals surface area contributed by atoms with Gasteiger partial charge in [0.15, 0.2) is 0 Å². The fraction of sp³-hybridized carbons (Fsp3) is 0.308. The number of hydrogen-bond donors (Lipinski definition) is 2. The molecule has 2 heterocycles. The van der Waals surface area contributed by atoms with Crippen molar-refractivity contribution in [2.45, 2.75) is 32.1 Å². The molecule has 2 aliphatic rings. The Morgan fingerprint density at radius 2 is 1.77 bits per heavy atom. The largest absolute Gasteiger partial charge is 0.494 e. The highest BCUT2D eigenvalue weighted by Gasteiger charge is 2.11. The van der Waals surface area contributed by atoms with Crippen molar-refractivity contribution in [1.29, 1.82) is 0 Å². The lowest BCUT2D eigenvalue weighted by Gasteiger charge is -2.18. The number of nitrogens with one attached hydrogen (secondary N) is 2. The first-order valence-electron chi connectivity index (χ1n) is 10.9. The molecule has 0 atom stereocenters. The normalized spacial score (nSPS) is 13.6. The highest BCUT2D eigenvalue weighted by atomic mass is 16.5. The SMILES string of the molecule is CN(C)c1cccc(OCCCCCCC2=c3ccc4c(c3NC=C2)NC=CC=4)c1. The third-order valence-electron chi connectivity index (χ3n) is 5.64. The quantitative estimate of drug-likeness (QED) is 0.603. The number of unbranched alkanes of at least 4 members (excludes halogenated alkanes) is 3. The summed E-state index contributed by atoms with van der Waals surface area (Å²) in [6.45, 7) is 0.780. The van der Waals surface area contributed by atoms with Crippen molar-refractivity contribution in [3.8, 4) is 5.75 Å². The molecule has 0 saturated carbocycles. The monoisotopic (exact) mass is 401 g/mol. The molecular formula is C26H31N3O. The average molecular weight is 402 g/mol. The van der Waals surface area contributed by atoms with Crippen molar-refractivity contribution >= 4 is 28.7 Å². The molecule has 30 heavy (non-hydrogen) atoms. The second-order valence-corrected chi connectivity index (χ2v) is 8.03. The van der Waals surface area contributed by atoms with E-state index in [-0.39, 0.29) is 0 Å². The van der Waals surface area contributed by atoms with Crippen LogP contribution in [-0.4, -0.2) is 20.7 Å². The zero-order valence-corrected chi connectivity index (χ0v) is 17.9. The molecule has 2 aliphatic heterocycles. The van der Waals surface area contributed by atoms with Crippen LogP contribution >= 0.6 is 0 Å². The van der Waals surface area contributed by atoms with E-state index < -0.39 is 0 Å². The number of ether oxygens (including phenoxy) is 1. The third-order valence-corrected chi connectivity index (χ3v) is 5.64. The van der Waals surface area contributed by atoms with Crippen molar-refractivity contribution in [2.75, 3.05) is 36.2 Å². The number of hydrogen-bond acceptors (Lipinski definition) is 4. The molecule has 0 saturated heterocycles. The molecule has 0 spiro atoms. The minimum absolute atomic E-state index is 0.780. The van der Waals surface area contributed by atoms with Crippen LogP contribution in [-0.2, 0) is 0 Å². The second-order valence-electron chi connectivity index (χ2n) is 8.03. The summed E-state index contributed by atoms with van der Waals surface area (Å²) in [5, 5.41) is 9.36. The van der Waals surface area contributed by atoms with Crippen LogP contribution in [0.3, 0.4) is 0 Å². The van der Waals surface area contributed by atoms with E-state index in [2.05, 4.69) is 58.2 Å². The molecule has 0 aromatic heterocycles. The van der Waals surface area contributed by atoms with Gasteiger partial charge in [0.1, 0.15) is 5.75 Å². The molecule has 4 nitrogen and oxygen atoms in total. The summed E-state index contributed by atoms with van der Waals surface area (Å²) < 4.78 is 5.93. The van der Waals surface area contributed by atoms with E-state index in [1.54, 1.807) is 0 Å². The first-order chi connectivity index (χ1) is 14.7. The second kappa shape index (κ2) is 9.57. The zero-order valence-electron chi connectivity index (χ0n) is 17.9. The Balaban J connectivity index is 1.25. The van der Waals surface area contributed by atoms with Gasteiger partial charge in [-0.05, 0) is 49.1 Å². The van der Waals surface area contributed by atoms with Crippen molar-refractivity contribution in [3.63, 3.8) is 0 Å². The first kappa shape index (κ1) is 20.1. The van der Waals surface area contributed by atoms with E-state index in [4.69, 9.17) is 4.74 Å². The molecule has 0 fully saturated rings. The number of benzene rings is 2. The molecule has 0 bridgehead atoms. The molecule has 2 N–H and O–H groups in total. The van der Waals surface area contributed by atoms with Gasteiger partial charge < -0.3 is 20.3 Å². The highest BCUT2D eigenvalue weighted by Crippen LogP contribution is 2.22. The van der Waals surface area contributed by atoms with Gasteiger partial charge in [-0.3, -0.25) is 0 Å². The van der Waals surface area contributed by atoms with E-state index in [9.17, 15) is 0 Å². The fourth-order valence-electron chi connectivity index (χ4n) is 3.96. The number of nitrogens with zero attached hydrogens (tertiary/aromatic N) is 1. The maximum Gasteiger partial charge on any atom is 0.121 e. The highest BCUT2D eigenvalue weighted by molar-refractivity contribution is 5.81. The van der Waals surface area contributed by atoms with Crippen LogP contribution in [0.1, 0.15) is 32.1 Å². The topological polar surface area (TPSA) is 36.5 Å². The number of anilines is 3. The average Bonchev–Trinajstić information content (AvgIpc) is 2.78. The molecule has 0 amide bonds. The number of allylic oxidation sites excluding steroid dienone is 2. The first-order valence-corrected chi connectivity index (χ1v) is 10.9. The maximum absolute atomic E-state index is 5.93. The summed E-state index contributed by atoms with van der Waals surface area (Å²) in [7, 11) is 4.10. The Labute approximate surface area is 179 Å². The molecule has 2 aromatic carbocycles. The van der Waals surface area contributed by atoms with Gasteiger partial charge in [0.05, 0.1) is 18.0 Å². The number of rotatable bonds is 9. The van der Waals surface area contributed by atoms with Crippen LogP contribution in [0.15, 0.2) is 61.0 Å². The summed E-state index contributed by atoms with van der Waals surface area (Å²) >= 11 is 0. The van der Waals surface area contributed by atoms with Gasteiger partial charge in [0.2, 0.25) is 0 Å². The maximum atomic E-state index is 5.93. The lowest BCUT2D eigenvalue weighted by atomic mass is 9.99. The summed E-state index contributed by atoms with van der Waals surface area (Å²) in [5.74, 6) is 0.956. The molecule has 0 aliphatic carbocycles. The standard InChI is InChI=1S/C26H31N3O/c1-29(2)22-11-7-12-23(19-22)30-18-6-4-3-5-9-20-15-17-28-26-24(20)14-13-21-10-8-16-27-25(21)26/h7-8,10-17,19,27-28H,3-6,9,18H2,1-2H3. The van der Waals surface area contributed by atoms with Gasteiger partial charge in [0, 0.05) is 48.7 Å². The van der Waals surface area contributed by atoms with Gasteiger partial charge >= 0.3 is 0 Å². The predicted molar refractivity (Wildman–Crippen MR) is 128 cm³/mol. The summed E-state index contributed by atoms with van der Waals surface area (Å²) in [6.07, 6.45) is 16.3. The Morgan fingerprint density at radius 1 is 0.900 bits per heavy atom. The summed E-state index contributed by atoms with van der Waals surface area (Å²) in [5.41, 5.74) is 4.95. The van der Waals surface area contributed by atoms with Crippen LogP contribution in [0.5, 0.6) is 5.75 Å². The van der Waals surface area contributed by atoms with Crippen LogP contribution < -0.4 is 30.7 Å². The summed E-state index contributed by atoms with van der Waals surface area (Å²) in [4.78, 5) is 2.10. The van der Waals surface area contributed by atoms with E-state index in [1.165, 1.54) is 52.3 Å². The predicted octanol–water partition coefficient (Wildman–Crippen LogP) is 4.59. The Bertz CT molecular complexity index is 1070. The van der Waals surface area contributed by atoms with Gasteiger partial charge in [-0.2, -0.15) is 0 Å². The van der Waals surface area contributed by atoms with Crippen LogP contribution in [0.2, 0.25) is 0 Å². The van der Waals surface area contributed by atoms with Gasteiger partial charge in [-0.25, -0.2) is 0 Å². The molecule has 4 rings (SSSR count). The van der Waals surface area contributed by atoms with E-state index >= 15 is 0 Å². The van der Waals surface area contributed by atoms with Crippen molar-refractivity contribution in [2.24, 2.45) is 0 Å². The molecule has 2 aromatic rings. The molecule has 4 heteroatoms. The Morgan fingerprint density at radius 3 is 2.67 bits per heavy atom. The minimum Gasteiger partial charge on any atom is -0.494 e. The van der Waals surface area contributed by atoms with Crippen molar-refractivity contribution in [1.82, 2.24) is 0 Å². The van der Waals surface area contributed by atoms with Crippen LogP contribution in [0.4, 0.5) is 17.1 Å². The van der Waals surface area contributed by atoms with E-state index in [0.29, 0.717) is 0 Å². The van der Waals surface area contributed by atoms with Crippen molar-refractivity contribution in [3.05, 3.63) is 71.4 Å². The smallest absolute Gasteiger partial charge is 0.121 e. The minimum atomic E-state index is 0.780. The van der Waals surface area contributed by atoms with E-state index in [1.807, 2.05) is 38.5 Å². The van der Waals surface area contributed by atoms with Gasteiger partial charge in [-0.1, -0.05) is 37.1 Å². The Kier molecular flexibility index (Phi) is 6.43. The molecule has 0 unspecified atom stereocenters. The zero-order chi connectivity index (χ0) is 20.8. The lowest BCUT2D eigenvalue weighted by molar-refractivity contribution is 0.305. The molecular weight excluding hydrogens is 370 g/mol. The van der Waals surface area contributed by atoms with Gasteiger partial charge in [0.25, 0.3) is 0 Å². The van der Waals surface area contributed by atoms with Crippen LogP contribution in [0, 0.1) is 0 Å². The molecule has 0 radical (unpaired) electrons.